The van der Waals surface area contributed by atoms with E-state index in [1.54, 1.807) is 11.8 Å². The first-order chi connectivity index (χ1) is 10.3. The van der Waals surface area contributed by atoms with Crippen molar-refractivity contribution in [2.24, 2.45) is 5.73 Å². The molecule has 0 atom stereocenters. The van der Waals surface area contributed by atoms with E-state index in [1.807, 2.05) is 25.1 Å². The van der Waals surface area contributed by atoms with Gasteiger partial charge in [0.2, 0.25) is 0 Å². The Balaban J connectivity index is 2.25. The Morgan fingerprint density at radius 2 is 2.10 bits per heavy atom. The predicted molar refractivity (Wildman–Crippen MR) is 79.3 cm³/mol. The second-order valence-electron chi connectivity index (χ2n) is 4.52. The third kappa shape index (κ3) is 3.69. The van der Waals surface area contributed by atoms with Crippen LogP contribution in [-0.4, -0.2) is 40.5 Å². The maximum absolute atomic E-state index is 5.59. The molecule has 0 saturated carbocycles. The van der Waals surface area contributed by atoms with Gasteiger partial charge in [-0.1, -0.05) is 0 Å². The van der Waals surface area contributed by atoms with Gasteiger partial charge in [-0.15, -0.1) is 5.10 Å². The smallest absolute Gasteiger partial charge is 0.182 e. The molecule has 1 aromatic carbocycles. The lowest BCUT2D eigenvalue weighted by atomic mass is 10.2. The van der Waals surface area contributed by atoms with Crippen molar-refractivity contribution in [1.29, 1.82) is 0 Å². The SMILES string of the molecule is CCOc1cc(-c2nnnn2CCCCN)ccc1OC. The zero-order valence-corrected chi connectivity index (χ0v) is 12.5. The molecule has 0 aliphatic rings. The molecule has 0 bridgehead atoms. The fraction of sp³-hybridized carbons (Fsp3) is 0.500. The van der Waals surface area contributed by atoms with E-state index in [0.717, 1.165) is 30.8 Å². The Bertz CT molecular complexity index is 570. The highest BCUT2D eigenvalue weighted by Crippen LogP contribution is 2.31. The molecule has 2 rings (SSSR count). The topological polar surface area (TPSA) is 88.1 Å². The first-order valence-electron chi connectivity index (χ1n) is 7.07. The molecule has 0 aliphatic carbocycles. The maximum Gasteiger partial charge on any atom is 0.182 e. The summed E-state index contributed by atoms with van der Waals surface area (Å²) in [6.07, 6.45) is 1.90. The van der Waals surface area contributed by atoms with Crippen molar-refractivity contribution < 1.29 is 9.47 Å². The van der Waals surface area contributed by atoms with Crippen LogP contribution in [0.25, 0.3) is 11.4 Å². The van der Waals surface area contributed by atoms with Crippen LogP contribution in [-0.2, 0) is 6.54 Å². The molecule has 0 spiro atoms. The molecule has 0 saturated heterocycles. The minimum Gasteiger partial charge on any atom is -0.493 e. The highest BCUT2D eigenvalue weighted by molar-refractivity contribution is 5.60. The van der Waals surface area contributed by atoms with Gasteiger partial charge in [-0.05, 0) is 54.9 Å². The second kappa shape index (κ2) is 7.58. The molecule has 1 heterocycles. The predicted octanol–water partition coefficient (Wildman–Crippen LogP) is 1.49. The lowest BCUT2D eigenvalue weighted by Crippen LogP contribution is -2.06. The maximum atomic E-state index is 5.59. The largest absolute Gasteiger partial charge is 0.493 e. The second-order valence-corrected chi connectivity index (χ2v) is 4.52. The Morgan fingerprint density at radius 1 is 1.24 bits per heavy atom. The van der Waals surface area contributed by atoms with E-state index in [2.05, 4.69) is 15.5 Å². The van der Waals surface area contributed by atoms with Gasteiger partial charge in [0.15, 0.2) is 17.3 Å². The number of hydrogen-bond acceptors (Lipinski definition) is 6. The van der Waals surface area contributed by atoms with Crippen molar-refractivity contribution in [3.63, 3.8) is 0 Å². The van der Waals surface area contributed by atoms with E-state index in [4.69, 9.17) is 15.2 Å². The Kier molecular flexibility index (Phi) is 5.51. The number of unbranched alkanes of at least 4 members (excludes halogenated alkanes) is 1. The summed E-state index contributed by atoms with van der Waals surface area (Å²) in [6, 6.07) is 5.68. The molecule has 7 heteroatoms. The normalized spacial score (nSPS) is 10.6. The third-order valence-electron chi connectivity index (χ3n) is 3.08. The summed E-state index contributed by atoms with van der Waals surface area (Å²) in [5.74, 6) is 2.10. The molecule has 1 aromatic heterocycles. The van der Waals surface area contributed by atoms with Crippen molar-refractivity contribution in [2.75, 3.05) is 20.3 Å². The lowest BCUT2D eigenvalue weighted by Gasteiger charge is -2.11. The van der Waals surface area contributed by atoms with Crippen LogP contribution in [0, 0.1) is 0 Å². The van der Waals surface area contributed by atoms with E-state index in [9.17, 15) is 0 Å². The molecule has 0 aliphatic heterocycles. The van der Waals surface area contributed by atoms with Crippen LogP contribution in [0.5, 0.6) is 11.5 Å². The van der Waals surface area contributed by atoms with Crippen molar-refractivity contribution >= 4 is 0 Å². The molecule has 7 nitrogen and oxygen atoms in total. The average molecular weight is 291 g/mol. The van der Waals surface area contributed by atoms with Crippen molar-refractivity contribution in [2.45, 2.75) is 26.3 Å². The lowest BCUT2D eigenvalue weighted by molar-refractivity contribution is 0.311. The zero-order valence-electron chi connectivity index (χ0n) is 12.5. The highest BCUT2D eigenvalue weighted by Gasteiger charge is 2.12. The van der Waals surface area contributed by atoms with Crippen LogP contribution in [0.1, 0.15) is 19.8 Å². The Hall–Kier alpha value is -2.15. The Morgan fingerprint density at radius 3 is 2.81 bits per heavy atom. The van der Waals surface area contributed by atoms with Gasteiger partial charge in [-0.25, -0.2) is 4.68 Å². The van der Waals surface area contributed by atoms with Crippen LogP contribution < -0.4 is 15.2 Å². The van der Waals surface area contributed by atoms with Gasteiger partial charge in [-0.2, -0.15) is 0 Å². The minimum atomic E-state index is 0.571. The first kappa shape index (κ1) is 15.2. The van der Waals surface area contributed by atoms with Gasteiger partial charge in [0, 0.05) is 12.1 Å². The summed E-state index contributed by atoms with van der Waals surface area (Å²) in [4.78, 5) is 0. The van der Waals surface area contributed by atoms with Gasteiger partial charge in [0.1, 0.15) is 0 Å². The van der Waals surface area contributed by atoms with Crippen molar-refractivity contribution in [1.82, 2.24) is 20.2 Å². The number of nitrogens with zero attached hydrogens (tertiary/aromatic N) is 4. The molecular weight excluding hydrogens is 270 g/mol. The van der Waals surface area contributed by atoms with E-state index in [1.165, 1.54) is 0 Å². The van der Waals surface area contributed by atoms with Gasteiger partial charge < -0.3 is 15.2 Å². The van der Waals surface area contributed by atoms with E-state index >= 15 is 0 Å². The zero-order chi connectivity index (χ0) is 15.1. The standard InChI is InChI=1S/C14H21N5O2/c1-3-21-13-10-11(6-7-12(13)20-2)14-16-17-18-19(14)9-5-4-8-15/h6-7,10H,3-5,8-9,15H2,1-2H3. The number of hydrogen-bond donors (Lipinski definition) is 1. The number of rotatable bonds is 8. The minimum absolute atomic E-state index is 0.571. The molecular formula is C14H21N5O2. The summed E-state index contributed by atoms with van der Waals surface area (Å²) in [5.41, 5.74) is 6.41. The first-order valence-corrected chi connectivity index (χ1v) is 7.07. The van der Waals surface area contributed by atoms with Gasteiger partial charge in [-0.3, -0.25) is 0 Å². The number of methoxy groups -OCH3 is 1. The van der Waals surface area contributed by atoms with Crippen molar-refractivity contribution in [3.05, 3.63) is 18.2 Å². The van der Waals surface area contributed by atoms with E-state index < -0.39 is 0 Å². The van der Waals surface area contributed by atoms with E-state index in [-0.39, 0.29) is 0 Å². The average Bonchev–Trinajstić information content (AvgIpc) is 2.96. The summed E-state index contributed by atoms with van der Waals surface area (Å²) >= 11 is 0. The van der Waals surface area contributed by atoms with Gasteiger partial charge in [0.25, 0.3) is 0 Å². The molecule has 0 amide bonds. The summed E-state index contributed by atoms with van der Waals surface area (Å²) in [7, 11) is 1.62. The van der Waals surface area contributed by atoms with Crippen molar-refractivity contribution in [3.8, 4) is 22.9 Å². The molecule has 2 N–H and O–H groups in total. The fourth-order valence-corrected chi connectivity index (χ4v) is 2.05. The van der Waals surface area contributed by atoms with Gasteiger partial charge in [0.05, 0.1) is 13.7 Å². The Labute approximate surface area is 124 Å². The molecule has 0 unspecified atom stereocenters. The quantitative estimate of drug-likeness (QED) is 0.741. The highest BCUT2D eigenvalue weighted by atomic mass is 16.5. The van der Waals surface area contributed by atoms with E-state index in [0.29, 0.717) is 24.7 Å². The number of tetrazole rings is 1. The summed E-state index contributed by atoms with van der Waals surface area (Å²) in [6.45, 7) is 3.92. The number of nitrogens with two attached hydrogens (primary N) is 1. The van der Waals surface area contributed by atoms with Crippen LogP contribution >= 0.6 is 0 Å². The molecule has 21 heavy (non-hydrogen) atoms. The monoisotopic (exact) mass is 291 g/mol. The number of ether oxygens (including phenoxy) is 2. The summed E-state index contributed by atoms with van der Waals surface area (Å²) < 4.78 is 12.7. The number of aromatic nitrogens is 4. The molecule has 0 fully saturated rings. The molecule has 2 aromatic rings. The van der Waals surface area contributed by atoms with Crippen LogP contribution in [0.2, 0.25) is 0 Å². The fourth-order valence-electron chi connectivity index (χ4n) is 2.05. The third-order valence-corrected chi connectivity index (χ3v) is 3.08. The molecule has 0 radical (unpaired) electrons. The number of benzene rings is 1. The van der Waals surface area contributed by atoms with Crippen LogP contribution in [0.15, 0.2) is 18.2 Å². The molecule has 114 valence electrons. The van der Waals surface area contributed by atoms with Crippen LogP contribution in [0.3, 0.4) is 0 Å². The number of aryl methyl sites for hydroxylation is 1. The van der Waals surface area contributed by atoms with Gasteiger partial charge >= 0.3 is 0 Å². The summed E-state index contributed by atoms with van der Waals surface area (Å²) in [5, 5.41) is 11.9. The van der Waals surface area contributed by atoms with Crippen LogP contribution in [0.4, 0.5) is 0 Å².